The summed E-state index contributed by atoms with van der Waals surface area (Å²) >= 11 is 7.23. The molecule has 1 aliphatic rings. The first-order valence-electron chi connectivity index (χ1n) is 11.7. The molecule has 3 atom stereocenters. The van der Waals surface area contributed by atoms with Gasteiger partial charge in [-0.05, 0) is 73.6 Å². The Morgan fingerprint density at radius 3 is 2.46 bits per heavy atom. The molecule has 0 radical (unpaired) electrons. The van der Waals surface area contributed by atoms with Crippen LogP contribution in [0.1, 0.15) is 28.2 Å². The average Bonchev–Trinajstić information content (AvgIpc) is 3.09. The van der Waals surface area contributed by atoms with E-state index < -0.39 is 5.60 Å². The average molecular weight is 596 g/mol. The van der Waals surface area contributed by atoms with Crippen molar-refractivity contribution in [1.82, 2.24) is 9.88 Å². The van der Waals surface area contributed by atoms with E-state index in [0.29, 0.717) is 5.88 Å². The van der Waals surface area contributed by atoms with Gasteiger partial charge in [-0.15, -0.1) is 0 Å². The van der Waals surface area contributed by atoms with Crippen LogP contribution < -0.4 is 4.74 Å². The van der Waals surface area contributed by atoms with Crippen LogP contribution in [0.15, 0.2) is 81.7 Å². The number of hydrogen-bond acceptors (Lipinski definition) is 4. The van der Waals surface area contributed by atoms with Gasteiger partial charge in [0, 0.05) is 38.3 Å². The Balaban J connectivity index is 1.81. The number of methoxy groups -OCH3 is 1. The van der Waals surface area contributed by atoms with Crippen molar-refractivity contribution in [2.45, 2.75) is 17.9 Å². The molecule has 6 heteroatoms. The lowest BCUT2D eigenvalue weighted by Crippen LogP contribution is -2.43. The molecule has 0 saturated heterocycles. The fourth-order valence-electron chi connectivity index (χ4n) is 5.63. The second-order valence-electron chi connectivity index (χ2n) is 9.56. The lowest BCUT2D eigenvalue weighted by Gasteiger charge is -2.40. The molecule has 4 aromatic rings. The van der Waals surface area contributed by atoms with Crippen LogP contribution >= 0.6 is 31.9 Å². The van der Waals surface area contributed by atoms with E-state index in [4.69, 9.17) is 9.72 Å². The fourth-order valence-corrected chi connectivity index (χ4v) is 6.42. The summed E-state index contributed by atoms with van der Waals surface area (Å²) in [6.45, 7) is 0.751. The van der Waals surface area contributed by atoms with E-state index in [1.165, 1.54) is 5.56 Å². The van der Waals surface area contributed by atoms with Crippen LogP contribution in [0.5, 0.6) is 5.88 Å². The molecule has 1 N–H and O–H groups in total. The first-order chi connectivity index (χ1) is 16.8. The molecule has 180 valence electrons. The van der Waals surface area contributed by atoms with Crippen LogP contribution in [-0.4, -0.2) is 42.7 Å². The zero-order valence-corrected chi connectivity index (χ0v) is 23.2. The number of hydrogen-bond donors (Lipinski definition) is 1. The Hall–Kier alpha value is -2.25. The third-order valence-corrected chi connectivity index (χ3v) is 8.01. The van der Waals surface area contributed by atoms with Crippen LogP contribution in [0.2, 0.25) is 0 Å². The second kappa shape index (κ2) is 9.66. The first kappa shape index (κ1) is 24.4. The lowest BCUT2D eigenvalue weighted by atomic mass is 9.70. The van der Waals surface area contributed by atoms with Gasteiger partial charge in [0.25, 0.3) is 0 Å². The van der Waals surface area contributed by atoms with Crippen molar-refractivity contribution in [3.8, 4) is 5.88 Å². The van der Waals surface area contributed by atoms with Crippen LogP contribution in [-0.2, 0) is 12.0 Å². The topological polar surface area (TPSA) is 45.6 Å². The zero-order chi connectivity index (χ0) is 24.7. The van der Waals surface area contributed by atoms with Gasteiger partial charge in [0.05, 0.1) is 12.6 Å². The fraction of sp³-hybridized carbons (Fsp3) is 0.276. The number of pyridine rings is 1. The number of aromatic nitrogens is 1. The molecule has 5 rings (SSSR count). The predicted molar refractivity (Wildman–Crippen MR) is 148 cm³/mol. The van der Waals surface area contributed by atoms with E-state index >= 15 is 0 Å². The maximum absolute atomic E-state index is 12.9. The SMILES string of the molecule is COc1nc2ccc(Br)cc2cc1[C@@H](c1ccccc1)[C@@]1(O)c2ccc(Br)cc2C[C@@H]1CN(C)C. The molecule has 0 bridgehead atoms. The smallest absolute Gasteiger partial charge is 0.217 e. The van der Waals surface area contributed by atoms with Gasteiger partial charge in [-0.1, -0.05) is 68.3 Å². The minimum Gasteiger partial charge on any atom is -0.481 e. The number of halogens is 2. The molecule has 1 aromatic heterocycles. The number of fused-ring (bicyclic) bond motifs is 2. The maximum atomic E-state index is 12.9. The summed E-state index contributed by atoms with van der Waals surface area (Å²) in [5, 5.41) is 13.9. The van der Waals surface area contributed by atoms with Crippen LogP contribution in [0.3, 0.4) is 0 Å². The number of aliphatic hydroxyl groups is 1. The Morgan fingerprint density at radius 1 is 1.03 bits per heavy atom. The molecule has 0 spiro atoms. The molecule has 1 heterocycles. The normalized spacial score (nSPS) is 20.3. The molecule has 4 nitrogen and oxygen atoms in total. The monoisotopic (exact) mass is 594 g/mol. The Labute approximate surface area is 223 Å². The molecule has 0 amide bonds. The van der Waals surface area contributed by atoms with Crippen LogP contribution in [0.25, 0.3) is 10.9 Å². The standard InChI is InChI=1S/C29H28Br2N2O2/c1-33(2)17-21-13-19-14-22(30)9-11-25(19)29(21,34)27(18-7-5-4-6-8-18)24-16-20-15-23(31)10-12-26(20)32-28(24)35-3/h4-12,14-16,21,27,34H,13,17H2,1-3H3/t21-,27-,29+/m1/s1. The number of ether oxygens (including phenoxy) is 1. The molecule has 0 unspecified atom stereocenters. The van der Waals surface area contributed by atoms with Gasteiger partial charge < -0.3 is 14.7 Å². The molecule has 35 heavy (non-hydrogen) atoms. The summed E-state index contributed by atoms with van der Waals surface area (Å²) in [7, 11) is 5.78. The number of rotatable bonds is 6. The molecule has 3 aromatic carbocycles. The van der Waals surface area contributed by atoms with Crippen molar-refractivity contribution in [3.63, 3.8) is 0 Å². The quantitative estimate of drug-likeness (QED) is 0.276. The van der Waals surface area contributed by atoms with E-state index in [1.807, 2.05) is 36.4 Å². The van der Waals surface area contributed by atoms with E-state index in [2.05, 4.69) is 87.3 Å². The van der Waals surface area contributed by atoms with E-state index in [9.17, 15) is 5.11 Å². The second-order valence-corrected chi connectivity index (χ2v) is 11.4. The highest BCUT2D eigenvalue weighted by molar-refractivity contribution is 9.10. The van der Waals surface area contributed by atoms with Crippen molar-refractivity contribution >= 4 is 42.8 Å². The van der Waals surface area contributed by atoms with Gasteiger partial charge in [0.1, 0.15) is 5.60 Å². The minimum absolute atomic E-state index is 0.0186. The van der Waals surface area contributed by atoms with E-state index in [1.54, 1.807) is 7.11 Å². The van der Waals surface area contributed by atoms with Crippen molar-refractivity contribution < 1.29 is 9.84 Å². The highest BCUT2D eigenvalue weighted by atomic mass is 79.9. The predicted octanol–water partition coefficient (Wildman–Crippen LogP) is 6.52. The zero-order valence-electron chi connectivity index (χ0n) is 20.0. The van der Waals surface area contributed by atoms with E-state index in [0.717, 1.165) is 49.5 Å². The molecular weight excluding hydrogens is 568 g/mol. The Bertz CT molecular complexity index is 1380. The van der Waals surface area contributed by atoms with Crippen LogP contribution in [0, 0.1) is 5.92 Å². The molecular formula is C29H28Br2N2O2. The van der Waals surface area contributed by atoms with Gasteiger partial charge in [-0.25, -0.2) is 4.98 Å². The molecule has 0 saturated carbocycles. The summed E-state index contributed by atoms with van der Waals surface area (Å²) in [4.78, 5) is 7.03. The molecule has 0 fully saturated rings. The summed E-state index contributed by atoms with van der Waals surface area (Å²) in [5.41, 5.74) is 3.75. The van der Waals surface area contributed by atoms with Crippen molar-refractivity contribution in [1.29, 1.82) is 0 Å². The summed E-state index contributed by atoms with van der Waals surface area (Å²) in [6, 6.07) is 24.7. The van der Waals surface area contributed by atoms with Crippen molar-refractivity contribution in [3.05, 3.63) is 104 Å². The van der Waals surface area contributed by atoms with Crippen molar-refractivity contribution in [2.24, 2.45) is 5.92 Å². The summed E-state index contributed by atoms with van der Waals surface area (Å²) in [6.07, 6.45) is 0.793. The third kappa shape index (κ3) is 4.42. The van der Waals surface area contributed by atoms with Gasteiger partial charge in [-0.2, -0.15) is 0 Å². The summed E-state index contributed by atoms with van der Waals surface area (Å²) in [5.74, 6) is 0.146. The molecule has 1 aliphatic carbocycles. The van der Waals surface area contributed by atoms with E-state index in [-0.39, 0.29) is 11.8 Å². The van der Waals surface area contributed by atoms with Gasteiger partial charge in [-0.3, -0.25) is 0 Å². The van der Waals surface area contributed by atoms with Gasteiger partial charge in [0.15, 0.2) is 0 Å². The lowest BCUT2D eigenvalue weighted by molar-refractivity contribution is -0.0355. The third-order valence-electron chi connectivity index (χ3n) is 7.02. The van der Waals surface area contributed by atoms with Crippen molar-refractivity contribution in [2.75, 3.05) is 27.7 Å². The number of nitrogens with zero attached hydrogens (tertiary/aromatic N) is 2. The molecule has 0 aliphatic heterocycles. The minimum atomic E-state index is -1.16. The summed E-state index contributed by atoms with van der Waals surface area (Å²) < 4.78 is 7.87. The highest BCUT2D eigenvalue weighted by Crippen LogP contribution is 2.54. The maximum Gasteiger partial charge on any atom is 0.217 e. The highest BCUT2D eigenvalue weighted by Gasteiger charge is 2.52. The Kier molecular flexibility index (Phi) is 6.75. The van der Waals surface area contributed by atoms with Crippen LogP contribution in [0.4, 0.5) is 0 Å². The number of benzene rings is 3. The first-order valence-corrected chi connectivity index (χ1v) is 13.2. The largest absolute Gasteiger partial charge is 0.481 e. The van der Waals surface area contributed by atoms with Gasteiger partial charge >= 0.3 is 0 Å². The Morgan fingerprint density at radius 2 is 1.74 bits per heavy atom. The van der Waals surface area contributed by atoms with Gasteiger partial charge in [0.2, 0.25) is 5.88 Å².